The maximum absolute atomic E-state index is 11.9. The fraction of sp³-hybridized carbons (Fsp3) is 0.333. The largest absolute Gasteiger partial charge is 0.480 e. The summed E-state index contributed by atoms with van der Waals surface area (Å²) in [6.45, 7) is 2.17. The fourth-order valence-corrected chi connectivity index (χ4v) is 3.39. The van der Waals surface area contributed by atoms with Crippen molar-refractivity contribution in [3.8, 4) is 0 Å². The van der Waals surface area contributed by atoms with Gasteiger partial charge in [0.1, 0.15) is 5.25 Å². The molecule has 6 heteroatoms. The van der Waals surface area contributed by atoms with E-state index in [2.05, 4.69) is 15.9 Å². The van der Waals surface area contributed by atoms with E-state index in [0.29, 0.717) is 0 Å². The number of anilines is 1. The van der Waals surface area contributed by atoms with Gasteiger partial charge in [0.2, 0.25) is 5.91 Å². The zero-order chi connectivity index (χ0) is 13.3. The number of halogens is 1. The lowest BCUT2D eigenvalue weighted by Crippen LogP contribution is -2.45. The number of carbonyl (C=O) groups is 2. The van der Waals surface area contributed by atoms with Gasteiger partial charge in [-0.05, 0) is 40.5 Å². The smallest absolute Gasteiger partial charge is 0.318 e. The molecule has 0 aliphatic carbocycles. The average molecular weight is 330 g/mol. The molecule has 0 radical (unpaired) electrons. The lowest BCUT2D eigenvalue weighted by molar-refractivity contribution is -0.136. The third-order valence-electron chi connectivity index (χ3n) is 2.73. The number of amides is 1. The van der Waals surface area contributed by atoms with E-state index in [0.717, 1.165) is 15.7 Å². The number of carboxylic acid groups (broad SMARTS) is 1. The summed E-state index contributed by atoms with van der Waals surface area (Å²) in [6, 6.07) is 5.66. The maximum Gasteiger partial charge on any atom is 0.318 e. The summed E-state index contributed by atoms with van der Waals surface area (Å²) < 4.78 is 0.812. The lowest BCUT2D eigenvalue weighted by atomic mass is 10.2. The minimum absolute atomic E-state index is 0.0537. The third-order valence-corrected chi connectivity index (χ3v) is 4.53. The predicted octanol–water partition coefficient (Wildman–Crippen LogP) is 2.29. The van der Waals surface area contributed by atoms with Gasteiger partial charge in [0, 0.05) is 11.0 Å². The van der Waals surface area contributed by atoms with Gasteiger partial charge in [-0.25, -0.2) is 0 Å². The SMILES string of the molecule is Cc1ccc(N2CC(C(=O)O)SCC2=O)c(Br)c1. The molecule has 0 bridgehead atoms. The number of hydrogen-bond acceptors (Lipinski definition) is 3. The van der Waals surface area contributed by atoms with Gasteiger partial charge in [0.25, 0.3) is 0 Å². The quantitative estimate of drug-likeness (QED) is 0.904. The Hall–Kier alpha value is -1.01. The second-order valence-corrected chi connectivity index (χ2v) is 6.14. The number of hydrogen-bond donors (Lipinski definition) is 1. The first-order chi connectivity index (χ1) is 8.49. The fourth-order valence-electron chi connectivity index (χ4n) is 1.78. The van der Waals surface area contributed by atoms with E-state index in [9.17, 15) is 9.59 Å². The Morgan fingerprint density at radius 2 is 2.28 bits per heavy atom. The predicted molar refractivity (Wildman–Crippen MR) is 75.1 cm³/mol. The number of carboxylic acids is 1. The number of aliphatic carboxylic acids is 1. The van der Waals surface area contributed by atoms with Crippen molar-refractivity contribution in [1.29, 1.82) is 0 Å². The molecule has 1 aliphatic heterocycles. The zero-order valence-electron chi connectivity index (χ0n) is 9.72. The summed E-state index contributed by atoms with van der Waals surface area (Å²) in [7, 11) is 0. The molecule has 1 saturated heterocycles. The molecule has 96 valence electrons. The lowest BCUT2D eigenvalue weighted by Gasteiger charge is -2.31. The van der Waals surface area contributed by atoms with Gasteiger partial charge >= 0.3 is 5.97 Å². The first-order valence-corrected chi connectivity index (χ1v) is 7.24. The van der Waals surface area contributed by atoms with Crippen LogP contribution in [0.2, 0.25) is 0 Å². The van der Waals surface area contributed by atoms with Crippen LogP contribution in [0.15, 0.2) is 22.7 Å². The van der Waals surface area contributed by atoms with Crippen molar-refractivity contribution < 1.29 is 14.7 Å². The highest BCUT2D eigenvalue weighted by Gasteiger charge is 2.32. The Morgan fingerprint density at radius 1 is 1.56 bits per heavy atom. The monoisotopic (exact) mass is 329 g/mol. The topological polar surface area (TPSA) is 57.6 Å². The van der Waals surface area contributed by atoms with Crippen LogP contribution in [0.5, 0.6) is 0 Å². The number of nitrogens with zero attached hydrogens (tertiary/aromatic N) is 1. The molecule has 1 aromatic carbocycles. The molecule has 0 aromatic heterocycles. The van der Waals surface area contributed by atoms with Crippen molar-refractivity contribution in [2.45, 2.75) is 12.2 Å². The summed E-state index contributed by atoms with van der Waals surface area (Å²) in [5, 5.41) is 8.47. The van der Waals surface area contributed by atoms with Gasteiger partial charge in [-0.3, -0.25) is 9.59 Å². The highest BCUT2D eigenvalue weighted by Crippen LogP contribution is 2.31. The Morgan fingerprint density at radius 3 is 2.89 bits per heavy atom. The van der Waals surface area contributed by atoms with E-state index in [1.54, 1.807) is 4.90 Å². The molecule has 0 saturated carbocycles. The molecular weight excluding hydrogens is 318 g/mol. The number of thioether (sulfide) groups is 1. The molecule has 1 unspecified atom stereocenters. The van der Waals surface area contributed by atoms with Gasteiger partial charge in [-0.2, -0.15) is 0 Å². The molecule has 18 heavy (non-hydrogen) atoms. The molecule has 1 aliphatic rings. The molecular formula is C12H12BrNO3S. The first-order valence-electron chi connectivity index (χ1n) is 5.40. The molecule has 1 heterocycles. The van der Waals surface area contributed by atoms with Crippen LogP contribution >= 0.6 is 27.7 Å². The van der Waals surface area contributed by atoms with Crippen molar-refractivity contribution >= 4 is 45.3 Å². The Bertz CT molecular complexity index is 506. The highest BCUT2D eigenvalue weighted by molar-refractivity contribution is 9.10. The van der Waals surface area contributed by atoms with Crippen LogP contribution in [0.4, 0.5) is 5.69 Å². The molecule has 1 fully saturated rings. The minimum atomic E-state index is -0.874. The van der Waals surface area contributed by atoms with E-state index < -0.39 is 11.2 Å². The average Bonchev–Trinajstić information content (AvgIpc) is 2.30. The first kappa shape index (κ1) is 13.4. The number of carbonyl (C=O) groups excluding carboxylic acids is 1. The van der Waals surface area contributed by atoms with Gasteiger partial charge in [0.05, 0.1) is 11.4 Å². The normalized spacial score (nSPS) is 20.0. The highest BCUT2D eigenvalue weighted by atomic mass is 79.9. The van der Waals surface area contributed by atoms with Gasteiger partial charge in [-0.15, -0.1) is 11.8 Å². The van der Waals surface area contributed by atoms with Gasteiger partial charge < -0.3 is 10.0 Å². The standard InChI is InChI=1S/C12H12BrNO3S/c1-7-2-3-9(8(13)4-7)14-5-10(12(16)17)18-6-11(14)15/h2-4,10H,5-6H2,1H3,(H,16,17). The summed E-state index contributed by atoms with van der Waals surface area (Å²) in [6.07, 6.45) is 0. The van der Waals surface area contributed by atoms with Crippen LogP contribution in [-0.4, -0.2) is 34.5 Å². The van der Waals surface area contributed by atoms with Crippen LogP contribution in [-0.2, 0) is 9.59 Å². The van der Waals surface area contributed by atoms with Crippen LogP contribution in [0.1, 0.15) is 5.56 Å². The van der Waals surface area contributed by atoms with Gasteiger partial charge in [0.15, 0.2) is 0 Å². The van der Waals surface area contributed by atoms with Crippen LogP contribution in [0, 0.1) is 6.92 Å². The van der Waals surface area contributed by atoms with E-state index >= 15 is 0 Å². The summed E-state index contributed by atoms with van der Waals surface area (Å²) >= 11 is 4.60. The zero-order valence-corrected chi connectivity index (χ0v) is 12.1. The minimum Gasteiger partial charge on any atom is -0.480 e. The van der Waals surface area contributed by atoms with E-state index in [4.69, 9.17) is 5.11 Å². The molecule has 1 atom stereocenters. The molecule has 4 nitrogen and oxygen atoms in total. The number of benzene rings is 1. The summed E-state index contributed by atoms with van der Waals surface area (Å²) in [5.41, 5.74) is 1.82. The Labute approximate surface area is 117 Å². The van der Waals surface area contributed by atoms with Gasteiger partial charge in [-0.1, -0.05) is 6.07 Å². The molecule has 0 spiro atoms. The van der Waals surface area contributed by atoms with Crippen LogP contribution in [0.25, 0.3) is 0 Å². The van der Waals surface area contributed by atoms with Crippen molar-refractivity contribution in [3.63, 3.8) is 0 Å². The molecule has 1 aromatic rings. The second-order valence-electron chi connectivity index (χ2n) is 4.10. The van der Waals surface area contributed by atoms with Crippen molar-refractivity contribution in [3.05, 3.63) is 28.2 Å². The molecule has 2 rings (SSSR count). The van der Waals surface area contributed by atoms with Crippen molar-refractivity contribution in [2.75, 3.05) is 17.2 Å². The van der Waals surface area contributed by atoms with E-state index in [1.165, 1.54) is 11.8 Å². The van der Waals surface area contributed by atoms with Crippen molar-refractivity contribution in [1.82, 2.24) is 0 Å². The van der Waals surface area contributed by atoms with Crippen LogP contribution < -0.4 is 4.90 Å². The number of rotatable bonds is 2. The second kappa shape index (κ2) is 5.32. The number of aryl methyl sites for hydroxylation is 1. The Kier molecular flexibility index (Phi) is 3.97. The Balaban J connectivity index is 2.29. The molecule has 1 amide bonds. The maximum atomic E-state index is 11.9. The molecule has 1 N–H and O–H groups in total. The van der Waals surface area contributed by atoms with E-state index in [1.807, 2.05) is 25.1 Å². The summed E-state index contributed by atoms with van der Waals surface area (Å²) in [4.78, 5) is 24.4. The third kappa shape index (κ3) is 2.70. The van der Waals surface area contributed by atoms with E-state index in [-0.39, 0.29) is 18.2 Å². The summed E-state index contributed by atoms with van der Waals surface area (Å²) in [5.74, 6) is -0.722. The van der Waals surface area contributed by atoms with Crippen LogP contribution in [0.3, 0.4) is 0 Å². The van der Waals surface area contributed by atoms with Crippen molar-refractivity contribution in [2.24, 2.45) is 0 Å².